The van der Waals surface area contributed by atoms with Crippen molar-refractivity contribution in [3.8, 4) is 0 Å². The van der Waals surface area contributed by atoms with Crippen molar-refractivity contribution >= 4 is 11.9 Å². The Morgan fingerprint density at radius 2 is 1.57 bits per heavy atom. The molecular formula is C36H56O6. The van der Waals surface area contributed by atoms with Gasteiger partial charge in [0.15, 0.2) is 5.79 Å². The fraction of sp³-hybridized carbons (Fsp3) is 0.889. The SMILES string of the molecule is COC(=O)C12CCC(C)(C)CC1C1=CCC3C4(C)CC(OC(C)=O)C5OC(C)(C)OCC5(C)C4CCC3(C)C1(C)CC2. The number of allylic oxidation sites excluding steroid dienone is 2. The molecule has 0 spiro atoms. The minimum atomic E-state index is -0.697. The van der Waals surface area contributed by atoms with E-state index in [9.17, 15) is 9.59 Å². The van der Waals surface area contributed by atoms with Gasteiger partial charge in [0.05, 0.1) is 19.1 Å². The topological polar surface area (TPSA) is 71.1 Å². The van der Waals surface area contributed by atoms with Gasteiger partial charge < -0.3 is 18.9 Å². The highest BCUT2D eigenvalue weighted by Crippen LogP contribution is 2.76. The Labute approximate surface area is 254 Å². The molecule has 6 heteroatoms. The molecule has 5 fully saturated rings. The summed E-state index contributed by atoms with van der Waals surface area (Å²) in [6, 6.07) is 0. The van der Waals surface area contributed by atoms with Crippen LogP contribution < -0.4 is 0 Å². The van der Waals surface area contributed by atoms with Crippen LogP contribution in [0, 0.1) is 50.2 Å². The van der Waals surface area contributed by atoms with Crippen LogP contribution in [0.2, 0.25) is 0 Å². The molecule has 42 heavy (non-hydrogen) atoms. The number of hydrogen-bond acceptors (Lipinski definition) is 6. The number of ether oxygens (including phenoxy) is 4. The third kappa shape index (κ3) is 4.01. The average Bonchev–Trinajstić information content (AvgIpc) is 2.89. The lowest BCUT2D eigenvalue weighted by Gasteiger charge is -2.72. The fourth-order valence-electron chi connectivity index (χ4n) is 12.1. The van der Waals surface area contributed by atoms with Crippen LogP contribution in [-0.4, -0.2) is 43.7 Å². The van der Waals surface area contributed by atoms with Gasteiger partial charge in [-0.2, -0.15) is 0 Å². The molecule has 1 aliphatic heterocycles. The Balaban J connectivity index is 1.43. The van der Waals surface area contributed by atoms with Crippen LogP contribution in [0.3, 0.4) is 0 Å². The van der Waals surface area contributed by atoms with E-state index in [0.29, 0.717) is 18.4 Å². The van der Waals surface area contributed by atoms with E-state index in [1.807, 2.05) is 13.8 Å². The molecule has 6 rings (SSSR count). The molecule has 6 nitrogen and oxygen atoms in total. The zero-order chi connectivity index (χ0) is 30.7. The van der Waals surface area contributed by atoms with Crippen LogP contribution in [0.5, 0.6) is 0 Å². The predicted molar refractivity (Wildman–Crippen MR) is 161 cm³/mol. The lowest BCUT2D eigenvalue weighted by Crippen LogP contribution is -2.71. The van der Waals surface area contributed by atoms with Gasteiger partial charge in [0.25, 0.3) is 0 Å². The lowest BCUT2D eigenvalue weighted by molar-refractivity contribution is -0.369. The smallest absolute Gasteiger partial charge is 0.312 e. The second-order valence-electron chi connectivity index (χ2n) is 17.4. The summed E-state index contributed by atoms with van der Waals surface area (Å²) < 4.78 is 24.7. The van der Waals surface area contributed by atoms with Crippen molar-refractivity contribution in [2.45, 2.75) is 138 Å². The summed E-state index contributed by atoms with van der Waals surface area (Å²) in [5.41, 5.74) is 1.16. The summed E-state index contributed by atoms with van der Waals surface area (Å²) in [7, 11) is 1.58. The van der Waals surface area contributed by atoms with Crippen molar-refractivity contribution in [2.75, 3.05) is 13.7 Å². The van der Waals surface area contributed by atoms with Gasteiger partial charge in [-0.3, -0.25) is 9.59 Å². The maximum atomic E-state index is 13.5. The molecule has 0 aromatic rings. The summed E-state index contributed by atoms with van der Waals surface area (Å²) in [4.78, 5) is 26.0. The first-order valence-corrected chi connectivity index (χ1v) is 16.7. The molecule has 0 N–H and O–H groups in total. The summed E-state index contributed by atoms with van der Waals surface area (Å²) in [5, 5.41) is 0. The number of rotatable bonds is 2. The molecule has 0 radical (unpaired) electrons. The Kier molecular flexibility index (Phi) is 6.79. The van der Waals surface area contributed by atoms with E-state index >= 15 is 0 Å². The van der Waals surface area contributed by atoms with Gasteiger partial charge in [-0.25, -0.2) is 0 Å². The molecule has 0 amide bonds. The third-order valence-electron chi connectivity index (χ3n) is 14.4. The largest absolute Gasteiger partial charge is 0.469 e. The number of esters is 2. The Bertz CT molecular complexity index is 1190. The third-order valence-corrected chi connectivity index (χ3v) is 14.4. The number of methoxy groups -OCH3 is 1. The van der Waals surface area contributed by atoms with Gasteiger partial charge in [0, 0.05) is 12.3 Å². The predicted octanol–water partition coefficient (Wildman–Crippen LogP) is 7.63. The van der Waals surface area contributed by atoms with E-state index in [1.54, 1.807) is 7.11 Å². The molecule has 236 valence electrons. The minimum Gasteiger partial charge on any atom is -0.469 e. The second-order valence-corrected chi connectivity index (χ2v) is 17.4. The van der Waals surface area contributed by atoms with Gasteiger partial charge in [0.2, 0.25) is 0 Å². The molecule has 0 bridgehead atoms. The average molecular weight is 585 g/mol. The molecule has 10 atom stereocenters. The summed E-state index contributed by atoms with van der Waals surface area (Å²) in [5.74, 6) is 0.147. The van der Waals surface area contributed by atoms with Crippen LogP contribution in [0.25, 0.3) is 0 Å². The van der Waals surface area contributed by atoms with Gasteiger partial charge in [-0.1, -0.05) is 53.2 Å². The second kappa shape index (κ2) is 9.31. The summed E-state index contributed by atoms with van der Waals surface area (Å²) in [6.45, 7) is 20.8. The first kappa shape index (κ1) is 30.6. The van der Waals surface area contributed by atoms with Crippen molar-refractivity contribution in [1.29, 1.82) is 0 Å². The number of carbonyl (C=O) groups is 2. The maximum absolute atomic E-state index is 13.5. The highest BCUT2D eigenvalue weighted by Gasteiger charge is 2.72. The lowest BCUT2D eigenvalue weighted by atomic mass is 9.33. The fourth-order valence-corrected chi connectivity index (χ4v) is 12.1. The minimum absolute atomic E-state index is 0.00425. The molecular weight excluding hydrogens is 528 g/mol. The molecule has 0 aromatic heterocycles. The zero-order valence-electron chi connectivity index (χ0n) is 28.0. The molecule has 0 aromatic carbocycles. The van der Waals surface area contributed by atoms with Crippen LogP contribution >= 0.6 is 0 Å². The van der Waals surface area contributed by atoms with Gasteiger partial charge in [-0.15, -0.1) is 0 Å². The van der Waals surface area contributed by atoms with Crippen molar-refractivity contribution in [3.05, 3.63) is 11.6 Å². The van der Waals surface area contributed by atoms with E-state index in [0.717, 1.165) is 57.8 Å². The van der Waals surface area contributed by atoms with Crippen molar-refractivity contribution in [1.82, 2.24) is 0 Å². The molecule has 4 saturated carbocycles. The summed E-state index contributed by atoms with van der Waals surface area (Å²) >= 11 is 0. The normalized spacial score (nSPS) is 50.4. The standard InChI is InChI=1S/C36H56O6/c1-22(37)41-25-20-32(6)26(33(7)21-40-31(4,5)42-28(25)33)13-14-35(9)27(32)12-11-23-24-19-30(2,3)15-17-36(24,29(38)39-10)18-16-34(23,35)8/h11,24-28H,12-21H2,1-10H3. The van der Waals surface area contributed by atoms with Crippen LogP contribution in [0.4, 0.5) is 0 Å². The van der Waals surface area contributed by atoms with E-state index < -0.39 is 11.2 Å². The number of carbonyl (C=O) groups excluding carboxylic acids is 2. The van der Waals surface area contributed by atoms with Crippen molar-refractivity contribution in [2.24, 2.45) is 50.2 Å². The summed E-state index contributed by atoms with van der Waals surface area (Å²) in [6.07, 6.45) is 11.1. The first-order chi connectivity index (χ1) is 19.4. The highest BCUT2D eigenvalue weighted by atomic mass is 16.7. The molecule has 5 aliphatic carbocycles. The zero-order valence-corrected chi connectivity index (χ0v) is 28.0. The van der Waals surface area contributed by atoms with E-state index in [2.05, 4.69) is 47.6 Å². The Morgan fingerprint density at radius 3 is 2.24 bits per heavy atom. The van der Waals surface area contributed by atoms with Crippen LogP contribution in [0.1, 0.15) is 120 Å². The molecule has 10 unspecified atom stereocenters. The van der Waals surface area contributed by atoms with Gasteiger partial charge in [0.1, 0.15) is 12.2 Å². The van der Waals surface area contributed by atoms with E-state index in [4.69, 9.17) is 18.9 Å². The van der Waals surface area contributed by atoms with Crippen LogP contribution in [-0.2, 0) is 28.5 Å². The number of fused-ring (bicyclic) bond motifs is 9. The first-order valence-electron chi connectivity index (χ1n) is 16.7. The maximum Gasteiger partial charge on any atom is 0.312 e. The van der Waals surface area contributed by atoms with Crippen molar-refractivity contribution in [3.63, 3.8) is 0 Å². The number of hydrogen-bond donors (Lipinski definition) is 0. The quantitative estimate of drug-likeness (QED) is 0.245. The van der Waals surface area contributed by atoms with Gasteiger partial charge >= 0.3 is 11.9 Å². The molecule has 1 saturated heterocycles. The van der Waals surface area contributed by atoms with Gasteiger partial charge in [-0.05, 0) is 111 Å². The van der Waals surface area contributed by atoms with E-state index in [1.165, 1.54) is 12.5 Å². The van der Waals surface area contributed by atoms with Crippen LogP contribution in [0.15, 0.2) is 11.6 Å². The molecule has 6 aliphatic rings. The Morgan fingerprint density at radius 1 is 0.881 bits per heavy atom. The monoisotopic (exact) mass is 584 g/mol. The van der Waals surface area contributed by atoms with E-state index in [-0.39, 0.29) is 57.1 Å². The molecule has 1 heterocycles. The highest BCUT2D eigenvalue weighted by molar-refractivity contribution is 5.78. The van der Waals surface area contributed by atoms with Crippen molar-refractivity contribution < 1.29 is 28.5 Å². The Hall–Kier alpha value is -1.40.